The van der Waals surface area contributed by atoms with Crippen LogP contribution in [-0.2, 0) is 0 Å². The molecule has 0 bridgehead atoms. The van der Waals surface area contributed by atoms with Crippen LogP contribution in [0.4, 0.5) is 0 Å². The van der Waals surface area contributed by atoms with Crippen molar-refractivity contribution >= 4 is 54.5 Å². The molecule has 0 saturated carbocycles. The van der Waals surface area contributed by atoms with Gasteiger partial charge in [-0.15, -0.1) is 0 Å². The summed E-state index contributed by atoms with van der Waals surface area (Å²) in [5.74, 6) is 2.87. The lowest BCUT2D eigenvalue weighted by Crippen LogP contribution is -1.99. The minimum Gasteiger partial charge on any atom is -0.454 e. The zero-order valence-corrected chi connectivity index (χ0v) is 23.5. The zero-order valence-electron chi connectivity index (χ0n) is 23.5. The van der Waals surface area contributed by atoms with Gasteiger partial charge >= 0.3 is 0 Å². The molecule has 3 heterocycles. The molecular weight excluding hydrogens is 542 g/mol. The van der Waals surface area contributed by atoms with Gasteiger partial charge < -0.3 is 18.5 Å². The Balaban J connectivity index is 1.15. The number of aromatic nitrogens is 1. The van der Waals surface area contributed by atoms with Crippen molar-refractivity contribution in [3.05, 3.63) is 140 Å². The molecule has 0 amide bonds. The predicted molar refractivity (Wildman–Crippen MR) is 178 cm³/mol. The van der Waals surface area contributed by atoms with E-state index in [4.69, 9.17) is 13.9 Å². The van der Waals surface area contributed by atoms with Gasteiger partial charge in [-0.05, 0) is 70.4 Å². The molecule has 10 rings (SSSR count). The first-order chi connectivity index (χ1) is 21.8. The van der Waals surface area contributed by atoms with Gasteiger partial charge in [0.05, 0.1) is 16.7 Å². The number of fused-ring (bicyclic) bond motifs is 9. The highest BCUT2D eigenvalue weighted by Gasteiger charge is 2.22. The van der Waals surface area contributed by atoms with Gasteiger partial charge in [0.1, 0.15) is 5.58 Å². The second-order valence-corrected chi connectivity index (χ2v) is 11.3. The predicted octanol–water partition coefficient (Wildman–Crippen LogP) is 11.4. The van der Waals surface area contributed by atoms with E-state index in [1.54, 1.807) is 0 Å². The van der Waals surface area contributed by atoms with Crippen molar-refractivity contribution in [2.45, 2.75) is 0 Å². The van der Waals surface area contributed by atoms with Gasteiger partial charge in [-0.3, -0.25) is 0 Å². The van der Waals surface area contributed by atoms with Crippen LogP contribution in [-0.4, -0.2) is 4.57 Å². The van der Waals surface area contributed by atoms with Crippen LogP contribution in [0.3, 0.4) is 0 Å². The number of ether oxygens (including phenoxy) is 2. The van der Waals surface area contributed by atoms with E-state index in [1.165, 1.54) is 10.8 Å². The van der Waals surface area contributed by atoms with Crippen molar-refractivity contribution < 1.29 is 13.9 Å². The fourth-order valence-corrected chi connectivity index (χ4v) is 6.76. The smallest absolute Gasteiger partial charge is 0.170 e. The Morgan fingerprint density at radius 1 is 0.409 bits per heavy atom. The molecular formula is C40H23NO3. The molecule has 7 aromatic carbocycles. The van der Waals surface area contributed by atoms with Gasteiger partial charge in [0.25, 0.3) is 0 Å². The molecule has 0 fully saturated rings. The van der Waals surface area contributed by atoms with E-state index >= 15 is 0 Å². The van der Waals surface area contributed by atoms with Gasteiger partial charge in [0, 0.05) is 21.5 Å². The van der Waals surface area contributed by atoms with Crippen molar-refractivity contribution in [2.24, 2.45) is 0 Å². The Morgan fingerprint density at radius 3 is 1.91 bits per heavy atom. The topological polar surface area (TPSA) is 36.5 Å². The zero-order chi connectivity index (χ0) is 28.8. The Hall–Kier alpha value is -6.00. The molecule has 0 N–H and O–H groups in total. The SMILES string of the molecule is c1ccc2cc3c(cc2c1)Oc1ccc(-c2ccc4c5ccccc5n(-c5cccc6c5oc5ccccc56)c4c2)cc1O3. The average molecular weight is 566 g/mol. The number of benzene rings is 7. The van der Waals surface area contributed by atoms with Gasteiger partial charge in [0.15, 0.2) is 28.6 Å². The highest BCUT2D eigenvalue weighted by Crippen LogP contribution is 2.48. The maximum absolute atomic E-state index is 6.49. The highest BCUT2D eigenvalue weighted by molar-refractivity contribution is 6.13. The maximum Gasteiger partial charge on any atom is 0.170 e. The second kappa shape index (κ2) is 8.76. The summed E-state index contributed by atoms with van der Waals surface area (Å²) in [5, 5.41) is 6.87. The monoisotopic (exact) mass is 565 g/mol. The Morgan fingerprint density at radius 2 is 1.05 bits per heavy atom. The van der Waals surface area contributed by atoms with Gasteiger partial charge in [-0.1, -0.05) is 91.0 Å². The third-order valence-electron chi connectivity index (χ3n) is 8.83. The lowest BCUT2D eigenvalue weighted by Gasteiger charge is -2.22. The third kappa shape index (κ3) is 3.33. The number of hydrogen-bond acceptors (Lipinski definition) is 3. The molecule has 4 heteroatoms. The molecule has 9 aromatic rings. The molecule has 1 aliphatic heterocycles. The summed E-state index contributed by atoms with van der Waals surface area (Å²) in [4.78, 5) is 0. The Kier molecular flexibility index (Phi) is 4.69. The normalized spacial score (nSPS) is 12.5. The number of nitrogens with zero attached hydrogens (tertiary/aromatic N) is 1. The molecule has 0 aliphatic carbocycles. The molecule has 0 saturated heterocycles. The van der Waals surface area contributed by atoms with Crippen LogP contribution in [0.25, 0.3) is 71.3 Å². The number of furan rings is 1. The Labute approximate surface area is 251 Å². The van der Waals surface area contributed by atoms with Gasteiger partial charge in [-0.25, -0.2) is 0 Å². The van der Waals surface area contributed by atoms with E-state index in [1.807, 2.05) is 42.5 Å². The molecule has 1 aliphatic rings. The summed E-state index contributed by atoms with van der Waals surface area (Å²) in [5.41, 5.74) is 7.19. The largest absolute Gasteiger partial charge is 0.454 e. The molecule has 44 heavy (non-hydrogen) atoms. The van der Waals surface area contributed by atoms with Crippen molar-refractivity contribution in [3.8, 4) is 39.8 Å². The lowest BCUT2D eigenvalue weighted by molar-refractivity contribution is 0.360. The van der Waals surface area contributed by atoms with Crippen molar-refractivity contribution in [1.29, 1.82) is 0 Å². The summed E-state index contributed by atoms with van der Waals surface area (Å²) >= 11 is 0. The van der Waals surface area contributed by atoms with Crippen LogP contribution >= 0.6 is 0 Å². The molecule has 0 radical (unpaired) electrons. The maximum atomic E-state index is 6.49. The number of para-hydroxylation sites is 3. The molecule has 0 atom stereocenters. The van der Waals surface area contributed by atoms with Crippen molar-refractivity contribution in [1.82, 2.24) is 4.57 Å². The lowest BCUT2D eigenvalue weighted by atomic mass is 10.0. The summed E-state index contributed by atoms with van der Waals surface area (Å²) in [6.45, 7) is 0. The van der Waals surface area contributed by atoms with Gasteiger partial charge in [0.2, 0.25) is 0 Å². The number of hydrogen-bond donors (Lipinski definition) is 0. The summed E-state index contributed by atoms with van der Waals surface area (Å²) < 4.78 is 21.5. The molecule has 206 valence electrons. The van der Waals surface area contributed by atoms with Crippen LogP contribution < -0.4 is 9.47 Å². The molecule has 0 spiro atoms. The molecule has 2 aromatic heterocycles. The van der Waals surface area contributed by atoms with E-state index in [9.17, 15) is 0 Å². The van der Waals surface area contributed by atoms with Crippen LogP contribution in [0.2, 0.25) is 0 Å². The number of rotatable bonds is 2. The van der Waals surface area contributed by atoms with Crippen LogP contribution in [0.15, 0.2) is 144 Å². The second-order valence-electron chi connectivity index (χ2n) is 11.3. The summed E-state index contributed by atoms with van der Waals surface area (Å²) in [6.07, 6.45) is 0. The van der Waals surface area contributed by atoms with Crippen molar-refractivity contribution in [3.63, 3.8) is 0 Å². The first-order valence-corrected chi connectivity index (χ1v) is 14.8. The summed E-state index contributed by atoms with van der Waals surface area (Å²) in [6, 6.07) is 48.4. The van der Waals surface area contributed by atoms with E-state index in [0.717, 1.165) is 72.1 Å². The first-order valence-electron chi connectivity index (χ1n) is 14.8. The Bertz CT molecular complexity index is 2620. The fraction of sp³-hybridized carbons (Fsp3) is 0. The van der Waals surface area contributed by atoms with Gasteiger partial charge in [-0.2, -0.15) is 0 Å². The van der Waals surface area contributed by atoms with Crippen LogP contribution in [0.5, 0.6) is 23.0 Å². The highest BCUT2D eigenvalue weighted by atomic mass is 16.6. The fourth-order valence-electron chi connectivity index (χ4n) is 6.76. The van der Waals surface area contributed by atoms with Crippen LogP contribution in [0.1, 0.15) is 0 Å². The third-order valence-corrected chi connectivity index (χ3v) is 8.83. The minimum atomic E-state index is 0.706. The van der Waals surface area contributed by atoms with Crippen LogP contribution in [0, 0.1) is 0 Å². The molecule has 0 unspecified atom stereocenters. The van der Waals surface area contributed by atoms with Crippen molar-refractivity contribution in [2.75, 3.05) is 0 Å². The summed E-state index contributed by atoms with van der Waals surface area (Å²) in [7, 11) is 0. The minimum absolute atomic E-state index is 0.706. The quantitative estimate of drug-likeness (QED) is 0.209. The van der Waals surface area contributed by atoms with E-state index < -0.39 is 0 Å². The van der Waals surface area contributed by atoms with E-state index in [2.05, 4.69) is 102 Å². The van der Waals surface area contributed by atoms with E-state index in [0.29, 0.717) is 11.5 Å². The average Bonchev–Trinajstić information content (AvgIpc) is 3.62. The molecule has 4 nitrogen and oxygen atoms in total. The standard InChI is InChI=1S/C40H23NO3/c1-2-9-25-22-39-38(21-24(25)8-1)42-36-19-17-27(23-37(36)43-39)26-16-18-29-28-10-3-5-13-32(28)41(34(29)20-26)33-14-7-12-31-30-11-4-6-15-35(30)44-40(31)33/h1-23H. The van der Waals surface area contributed by atoms with E-state index in [-0.39, 0.29) is 0 Å². The first kappa shape index (κ1) is 23.6.